The van der Waals surface area contributed by atoms with Gasteiger partial charge in [-0.05, 0) is 43.2 Å². The summed E-state index contributed by atoms with van der Waals surface area (Å²) in [7, 11) is 2.97. The van der Waals surface area contributed by atoms with Gasteiger partial charge in [0.15, 0.2) is 6.61 Å². The normalized spacial score (nSPS) is 10.3. The van der Waals surface area contributed by atoms with E-state index in [0.717, 1.165) is 11.3 Å². The quantitative estimate of drug-likeness (QED) is 0.531. The molecule has 2 aromatic carbocycles. The van der Waals surface area contributed by atoms with E-state index in [1.807, 2.05) is 6.07 Å². The molecule has 2 aromatic rings. The minimum absolute atomic E-state index is 0.0853. The number of carbonyl (C=O) groups is 3. The van der Waals surface area contributed by atoms with Crippen LogP contribution in [0.1, 0.15) is 27.0 Å². The minimum atomic E-state index is -0.565. The lowest BCUT2D eigenvalue weighted by Gasteiger charge is -2.16. The van der Waals surface area contributed by atoms with Gasteiger partial charge in [-0.1, -0.05) is 29.8 Å². The molecule has 0 saturated heterocycles. The van der Waals surface area contributed by atoms with Crippen LogP contribution in [0, 0.1) is 13.8 Å². The van der Waals surface area contributed by atoms with E-state index in [1.165, 1.54) is 35.0 Å². The second kappa shape index (κ2) is 10.7. The topological polar surface area (TPSA) is 75.7 Å². The molecular weight excluding hydrogens is 388 g/mol. The van der Waals surface area contributed by atoms with Gasteiger partial charge in [-0.3, -0.25) is 9.59 Å². The number of nitrogens with one attached hydrogen (secondary N) is 1. The fourth-order valence-corrected chi connectivity index (χ4v) is 3.57. The first-order chi connectivity index (χ1) is 13.8. The van der Waals surface area contributed by atoms with Gasteiger partial charge in [-0.15, -0.1) is 11.8 Å². The Kier molecular flexibility index (Phi) is 8.27. The third-order valence-corrected chi connectivity index (χ3v) is 5.55. The maximum Gasteiger partial charge on any atom is 0.338 e. The van der Waals surface area contributed by atoms with Crippen LogP contribution in [0.3, 0.4) is 0 Å². The Labute approximate surface area is 175 Å². The summed E-state index contributed by atoms with van der Waals surface area (Å²) in [5, 5.41) is 2.43. The number of hydrogen-bond acceptors (Lipinski definition) is 5. The van der Waals surface area contributed by atoms with Crippen molar-refractivity contribution in [3.8, 4) is 0 Å². The highest BCUT2D eigenvalue weighted by Crippen LogP contribution is 2.27. The molecule has 0 atom stereocenters. The number of esters is 1. The van der Waals surface area contributed by atoms with E-state index in [-0.39, 0.29) is 12.5 Å². The van der Waals surface area contributed by atoms with Gasteiger partial charge < -0.3 is 15.0 Å². The van der Waals surface area contributed by atoms with Crippen molar-refractivity contribution in [1.82, 2.24) is 10.2 Å². The number of carbonyl (C=O) groups excluding carboxylic acids is 3. The van der Waals surface area contributed by atoms with Crippen molar-refractivity contribution in [2.24, 2.45) is 0 Å². The summed E-state index contributed by atoms with van der Waals surface area (Å²) in [5.74, 6) is -0.575. The summed E-state index contributed by atoms with van der Waals surface area (Å²) in [6.07, 6.45) is 0. The molecule has 0 aromatic heterocycles. The molecule has 2 rings (SSSR count). The van der Waals surface area contributed by atoms with Crippen molar-refractivity contribution in [3.63, 3.8) is 0 Å². The lowest BCUT2D eigenvalue weighted by Crippen LogP contribution is -2.39. The van der Waals surface area contributed by atoms with Gasteiger partial charge in [0.25, 0.3) is 5.91 Å². The molecule has 6 nitrogen and oxygen atoms in total. The summed E-state index contributed by atoms with van der Waals surface area (Å²) >= 11 is 1.71. The van der Waals surface area contributed by atoms with Crippen molar-refractivity contribution in [2.45, 2.75) is 24.5 Å². The molecule has 0 saturated carbocycles. The number of aryl methyl sites for hydroxylation is 2. The van der Waals surface area contributed by atoms with Gasteiger partial charge >= 0.3 is 5.97 Å². The summed E-state index contributed by atoms with van der Waals surface area (Å²) in [4.78, 5) is 38.0. The Balaban J connectivity index is 1.91. The average Bonchev–Trinajstić information content (AvgIpc) is 2.71. The Morgan fingerprint density at radius 3 is 2.55 bits per heavy atom. The maximum absolute atomic E-state index is 12.3. The number of nitrogens with zero attached hydrogens (tertiary/aromatic N) is 1. The van der Waals surface area contributed by atoms with Gasteiger partial charge in [0.2, 0.25) is 5.91 Å². The third-order valence-electron chi connectivity index (χ3n) is 4.30. The standard InChI is InChI=1S/C22H26N2O4S/c1-15-8-9-19(16(2)10-15)29-14-17-6-5-7-18(11-17)22(27)28-13-21(26)24(4)12-20(25)23-3/h5-11H,12-14H2,1-4H3,(H,23,25). The fraction of sp³-hybridized carbons (Fsp3) is 0.318. The zero-order valence-corrected chi connectivity index (χ0v) is 18.0. The average molecular weight is 415 g/mol. The molecule has 29 heavy (non-hydrogen) atoms. The van der Waals surface area contributed by atoms with E-state index in [9.17, 15) is 14.4 Å². The Morgan fingerprint density at radius 2 is 1.86 bits per heavy atom. The molecule has 0 bridgehead atoms. The predicted octanol–water partition coefficient (Wildman–Crippen LogP) is 2.96. The summed E-state index contributed by atoms with van der Waals surface area (Å²) in [5.41, 5.74) is 3.84. The molecule has 0 aliphatic carbocycles. The maximum atomic E-state index is 12.3. The van der Waals surface area contributed by atoms with E-state index in [4.69, 9.17) is 4.74 Å². The zero-order chi connectivity index (χ0) is 21.4. The molecule has 0 aliphatic heterocycles. The molecule has 0 spiro atoms. The van der Waals surface area contributed by atoms with Crippen molar-refractivity contribution >= 4 is 29.5 Å². The predicted molar refractivity (Wildman–Crippen MR) is 114 cm³/mol. The molecule has 7 heteroatoms. The number of thioether (sulfide) groups is 1. The molecule has 0 heterocycles. The van der Waals surface area contributed by atoms with Crippen molar-refractivity contribution < 1.29 is 19.1 Å². The van der Waals surface area contributed by atoms with E-state index in [1.54, 1.807) is 30.0 Å². The molecule has 1 N–H and O–H groups in total. The number of amides is 2. The van der Waals surface area contributed by atoms with Crippen molar-refractivity contribution in [2.75, 3.05) is 27.2 Å². The highest BCUT2D eigenvalue weighted by Gasteiger charge is 2.15. The first-order valence-electron chi connectivity index (χ1n) is 9.21. The minimum Gasteiger partial charge on any atom is -0.452 e. The first kappa shape index (κ1) is 22.5. The number of likely N-dealkylation sites (N-methyl/N-ethyl adjacent to an activating group) is 2. The van der Waals surface area contributed by atoms with Gasteiger partial charge in [0.05, 0.1) is 12.1 Å². The van der Waals surface area contributed by atoms with Gasteiger partial charge in [0.1, 0.15) is 0 Å². The van der Waals surface area contributed by atoms with Crippen LogP contribution in [0.15, 0.2) is 47.4 Å². The smallest absolute Gasteiger partial charge is 0.338 e. The molecule has 2 amide bonds. The third kappa shape index (κ3) is 6.94. The van der Waals surface area contributed by atoms with Crippen molar-refractivity contribution in [3.05, 3.63) is 64.7 Å². The van der Waals surface area contributed by atoms with Crippen LogP contribution in [0.5, 0.6) is 0 Å². The van der Waals surface area contributed by atoms with Crippen LogP contribution in [-0.2, 0) is 20.1 Å². The van der Waals surface area contributed by atoms with E-state index in [0.29, 0.717) is 5.56 Å². The highest BCUT2D eigenvalue weighted by atomic mass is 32.2. The Hall–Kier alpha value is -2.80. The largest absolute Gasteiger partial charge is 0.452 e. The van der Waals surface area contributed by atoms with Crippen LogP contribution in [0.25, 0.3) is 0 Å². The van der Waals surface area contributed by atoms with Crippen LogP contribution in [-0.4, -0.2) is 49.9 Å². The summed E-state index contributed by atoms with van der Waals surface area (Å²) < 4.78 is 5.11. The SMILES string of the molecule is CNC(=O)CN(C)C(=O)COC(=O)c1cccc(CSc2ccc(C)cc2C)c1. The van der Waals surface area contributed by atoms with Crippen LogP contribution in [0.2, 0.25) is 0 Å². The molecule has 0 unspecified atom stereocenters. The Bertz CT molecular complexity index is 898. The van der Waals surface area contributed by atoms with E-state index >= 15 is 0 Å². The van der Waals surface area contributed by atoms with Gasteiger partial charge in [-0.25, -0.2) is 4.79 Å². The molecular formula is C22H26N2O4S. The van der Waals surface area contributed by atoms with Gasteiger partial charge in [-0.2, -0.15) is 0 Å². The highest BCUT2D eigenvalue weighted by molar-refractivity contribution is 7.98. The fourth-order valence-electron chi connectivity index (χ4n) is 2.61. The molecule has 0 radical (unpaired) electrons. The number of ether oxygens (including phenoxy) is 1. The number of benzene rings is 2. The zero-order valence-electron chi connectivity index (χ0n) is 17.2. The lowest BCUT2D eigenvalue weighted by atomic mass is 10.1. The summed E-state index contributed by atoms with van der Waals surface area (Å²) in [6.45, 7) is 3.66. The first-order valence-corrected chi connectivity index (χ1v) is 10.2. The number of rotatable bonds is 8. The van der Waals surface area contributed by atoms with Gasteiger partial charge in [0, 0.05) is 24.7 Å². The molecule has 0 aliphatic rings. The Morgan fingerprint density at radius 1 is 1.10 bits per heavy atom. The van der Waals surface area contributed by atoms with Crippen LogP contribution in [0.4, 0.5) is 0 Å². The number of hydrogen-bond donors (Lipinski definition) is 1. The summed E-state index contributed by atoms with van der Waals surface area (Å²) in [6, 6.07) is 13.5. The van der Waals surface area contributed by atoms with Crippen LogP contribution >= 0.6 is 11.8 Å². The van der Waals surface area contributed by atoms with E-state index < -0.39 is 18.5 Å². The lowest BCUT2D eigenvalue weighted by molar-refractivity contribution is -0.137. The second-order valence-corrected chi connectivity index (χ2v) is 7.77. The monoisotopic (exact) mass is 414 g/mol. The second-order valence-electron chi connectivity index (χ2n) is 6.76. The van der Waals surface area contributed by atoms with Crippen LogP contribution < -0.4 is 5.32 Å². The molecule has 0 fully saturated rings. The molecule has 154 valence electrons. The van der Waals surface area contributed by atoms with E-state index in [2.05, 4.69) is 37.4 Å². The van der Waals surface area contributed by atoms with Crippen molar-refractivity contribution in [1.29, 1.82) is 0 Å².